The van der Waals surface area contributed by atoms with Crippen molar-refractivity contribution in [1.29, 1.82) is 0 Å². The summed E-state index contributed by atoms with van der Waals surface area (Å²) >= 11 is 0. The van der Waals surface area contributed by atoms with Crippen LogP contribution in [0.2, 0.25) is 0 Å². The number of benzene rings is 1. The minimum atomic E-state index is 0.461. The summed E-state index contributed by atoms with van der Waals surface area (Å²) in [4.78, 5) is 4.65. The Labute approximate surface area is 103 Å². The third-order valence-electron chi connectivity index (χ3n) is 3.11. The van der Waals surface area contributed by atoms with Gasteiger partial charge in [0.25, 0.3) is 0 Å². The molecule has 17 heavy (non-hydrogen) atoms. The number of nitrogens with zero attached hydrogens (tertiary/aromatic N) is 2. The summed E-state index contributed by atoms with van der Waals surface area (Å²) in [5.41, 5.74) is 3.70. The normalized spacial score (nSPS) is 11.6. The van der Waals surface area contributed by atoms with E-state index in [1.807, 2.05) is 7.05 Å². The maximum atomic E-state index is 4.65. The molecule has 92 valence electrons. The Balaban J connectivity index is 2.43. The number of rotatable bonds is 4. The highest BCUT2D eigenvalue weighted by molar-refractivity contribution is 5.77. The molecule has 0 unspecified atom stereocenters. The van der Waals surface area contributed by atoms with Crippen molar-refractivity contribution in [3.05, 3.63) is 29.6 Å². The quantitative estimate of drug-likeness (QED) is 0.876. The Morgan fingerprint density at radius 1 is 1.35 bits per heavy atom. The Morgan fingerprint density at radius 3 is 2.76 bits per heavy atom. The molecular weight excluding hydrogens is 210 g/mol. The van der Waals surface area contributed by atoms with Crippen molar-refractivity contribution in [3.63, 3.8) is 0 Å². The molecule has 0 saturated heterocycles. The van der Waals surface area contributed by atoms with Crippen LogP contribution >= 0.6 is 0 Å². The van der Waals surface area contributed by atoms with Crippen LogP contribution < -0.4 is 5.32 Å². The van der Waals surface area contributed by atoms with Crippen LogP contribution in [-0.4, -0.2) is 23.1 Å². The van der Waals surface area contributed by atoms with Crippen molar-refractivity contribution >= 4 is 11.0 Å². The van der Waals surface area contributed by atoms with Crippen molar-refractivity contribution in [2.24, 2.45) is 0 Å². The van der Waals surface area contributed by atoms with Crippen LogP contribution in [0.4, 0.5) is 0 Å². The van der Waals surface area contributed by atoms with E-state index in [1.54, 1.807) is 0 Å². The number of imidazole rings is 1. The van der Waals surface area contributed by atoms with Gasteiger partial charge < -0.3 is 9.88 Å². The van der Waals surface area contributed by atoms with Gasteiger partial charge in [0.15, 0.2) is 0 Å². The van der Waals surface area contributed by atoms with Crippen molar-refractivity contribution in [2.45, 2.75) is 33.2 Å². The van der Waals surface area contributed by atoms with E-state index in [0.717, 1.165) is 24.3 Å². The highest BCUT2D eigenvalue weighted by Gasteiger charge is 2.10. The van der Waals surface area contributed by atoms with E-state index in [-0.39, 0.29) is 0 Å². The lowest BCUT2D eigenvalue weighted by Crippen LogP contribution is -2.10. The van der Waals surface area contributed by atoms with E-state index in [2.05, 4.69) is 53.8 Å². The maximum absolute atomic E-state index is 4.65. The molecule has 3 nitrogen and oxygen atoms in total. The van der Waals surface area contributed by atoms with Crippen LogP contribution in [0.1, 0.15) is 31.3 Å². The molecule has 0 saturated carbocycles. The highest BCUT2D eigenvalue weighted by Crippen LogP contribution is 2.21. The van der Waals surface area contributed by atoms with Gasteiger partial charge in [-0.1, -0.05) is 6.07 Å². The first-order valence-corrected chi connectivity index (χ1v) is 6.25. The van der Waals surface area contributed by atoms with Gasteiger partial charge in [-0.3, -0.25) is 0 Å². The van der Waals surface area contributed by atoms with Gasteiger partial charge in [-0.25, -0.2) is 4.98 Å². The number of hydrogen-bond donors (Lipinski definition) is 1. The van der Waals surface area contributed by atoms with Gasteiger partial charge in [0.05, 0.1) is 11.0 Å². The average Bonchev–Trinajstić information content (AvgIpc) is 2.61. The summed E-state index contributed by atoms with van der Waals surface area (Å²) < 4.78 is 2.29. The van der Waals surface area contributed by atoms with Crippen LogP contribution in [0, 0.1) is 6.92 Å². The smallest absolute Gasteiger partial charge is 0.106 e. The molecule has 2 rings (SSSR count). The second-order valence-electron chi connectivity index (χ2n) is 4.80. The molecule has 0 aliphatic carbocycles. The molecule has 0 bridgehead atoms. The molecule has 2 aromatic rings. The van der Waals surface area contributed by atoms with Gasteiger partial charge in [-0.05, 0) is 58.5 Å². The summed E-state index contributed by atoms with van der Waals surface area (Å²) in [6.45, 7) is 7.48. The molecule has 0 spiro atoms. The summed E-state index contributed by atoms with van der Waals surface area (Å²) in [5, 5.41) is 3.17. The molecule has 0 atom stereocenters. The molecule has 1 aromatic carbocycles. The second kappa shape index (κ2) is 4.88. The topological polar surface area (TPSA) is 29.9 Å². The minimum Gasteiger partial charge on any atom is -0.326 e. The zero-order chi connectivity index (χ0) is 12.4. The number of hydrogen-bond acceptors (Lipinski definition) is 2. The maximum Gasteiger partial charge on any atom is 0.106 e. The van der Waals surface area contributed by atoms with E-state index >= 15 is 0 Å². The van der Waals surface area contributed by atoms with Crippen molar-refractivity contribution < 1.29 is 0 Å². The molecule has 0 amide bonds. The number of nitrogens with one attached hydrogen (secondary N) is 1. The largest absolute Gasteiger partial charge is 0.326 e. The summed E-state index contributed by atoms with van der Waals surface area (Å²) in [6.07, 6.45) is 1.06. The van der Waals surface area contributed by atoms with Crippen molar-refractivity contribution in [3.8, 4) is 0 Å². The van der Waals surface area contributed by atoms with Gasteiger partial charge in [0.2, 0.25) is 0 Å². The lowest BCUT2D eigenvalue weighted by molar-refractivity contribution is 0.600. The summed E-state index contributed by atoms with van der Waals surface area (Å²) in [5.74, 6) is 1.10. The molecular formula is C14H21N3. The zero-order valence-corrected chi connectivity index (χ0v) is 11.1. The van der Waals surface area contributed by atoms with E-state index in [1.165, 1.54) is 11.1 Å². The van der Waals surface area contributed by atoms with Crippen molar-refractivity contribution in [1.82, 2.24) is 14.9 Å². The van der Waals surface area contributed by atoms with E-state index in [4.69, 9.17) is 0 Å². The Bertz CT molecular complexity index is 511. The zero-order valence-electron chi connectivity index (χ0n) is 11.1. The predicted molar refractivity (Wildman–Crippen MR) is 72.5 cm³/mol. The fourth-order valence-corrected chi connectivity index (χ4v) is 2.34. The summed E-state index contributed by atoms with van der Waals surface area (Å²) in [6, 6.07) is 7.07. The van der Waals surface area contributed by atoms with Crippen LogP contribution in [0.15, 0.2) is 18.2 Å². The molecule has 0 aliphatic rings. The first-order valence-electron chi connectivity index (χ1n) is 6.25. The van der Waals surface area contributed by atoms with Crippen LogP contribution in [0.25, 0.3) is 11.0 Å². The van der Waals surface area contributed by atoms with E-state index in [9.17, 15) is 0 Å². The van der Waals surface area contributed by atoms with Gasteiger partial charge in [0, 0.05) is 6.04 Å². The minimum absolute atomic E-state index is 0.461. The first-order chi connectivity index (χ1) is 8.13. The first kappa shape index (κ1) is 12.1. The number of likely N-dealkylation sites (N-methyl/N-ethyl adjacent to an activating group) is 1. The third kappa shape index (κ3) is 2.34. The highest BCUT2D eigenvalue weighted by atomic mass is 15.1. The number of aryl methyl sites for hydroxylation is 1. The molecule has 0 aliphatic heterocycles. The Hall–Kier alpha value is -1.35. The van der Waals surface area contributed by atoms with E-state index in [0.29, 0.717) is 6.04 Å². The number of fused-ring (bicyclic) bond motifs is 1. The van der Waals surface area contributed by atoms with Gasteiger partial charge in [0.1, 0.15) is 5.82 Å². The molecule has 1 heterocycles. The second-order valence-corrected chi connectivity index (χ2v) is 4.80. The average molecular weight is 231 g/mol. The lowest BCUT2D eigenvalue weighted by Gasteiger charge is -2.10. The SMILES string of the molecule is CNCCc1ccc2c(c1)nc(C)n2C(C)C. The van der Waals surface area contributed by atoms with Crippen LogP contribution in [0.5, 0.6) is 0 Å². The molecule has 1 N–H and O–H groups in total. The van der Waals surface area contributed by atoms with Gasteiger partial charge in [-0.15, -0.1) is 0 Å². The monoisotopic (exact) mass is 231 g/mol. The molecule has 0 fully saturated rings. The Morgan fingerprint density at radius 2 is 2.12 bits per heavy atom. The lowest BCUT2D eigenvalue weighted by atomic mass is 10.1. The Kier molecular flexibility index (Phi) is 3.48. The third-order valence-corrected chi connectivity index (χ3v) is 3.11. The molecule has 3 heteroatoms. The van der Waals surface area contributed by atoms with Crippen molar-refractivity contribution in [2.75, 3.05) is 13.6 Å². The van der Waals surface area contributed by atoms with Crippen LogP contribution in [0.3, 0.4) is 0 Å². The van der Waals surface area contributed by atoms with Gasteiger partial charge in [-0.2, -0.15) is 0 Å². The van der Waals surface area contributed by atoms with Gasteiger partial charge >= 0.3 is 0 Å². The fourth-order valence-electron chi connectivity index (χ4n) is 2.34. The predicted octanol–water partition coefficient (Wildman–Crippen LogP) is 2.69. The molecule has 1 aromatic heterocycles. The molecule has 0 radical (unpaired) electrons. The van der Waals surface area contributed by atoms with Crippen LogP contribution in [-0.2, 0) is 6.42 Å². The fraction of sp³-hybridized carbons (Fsp3) is 0.500. The summed E-state index contributed by atoms with van der Waals surface area (Å²) in [7, 11) is 1.98. The number of aromatic nitrogens is 2. The standard InChI is InChI=1S/C14H21N3/c1-10(2)17-11(3)16-13-9-12(7-8-15-4)5-6-14(13)17/h5-6,9-10,15H,7-8H2,1-4H3. The van der Waals surface area contributed by atoms with E-state index < -0.39 is 0 Å².